The molecule has 1 aliphatic carbocycles. The Bertz CT molecular complexity index is 314. The van der Waals surface area contributed by atoms with Gasteiger partial charge in [0.25, 0.3) is 0 Å². The Balaban J connectivity index is 2.01. The zero-order valence-corrected chi connectivity index (χ0v) is 9.09. The summed E-state index contributed by atoms with van der Waals surface area (Å²) in [4.78, 5) is 4.22. The van der Waals surface area contributed by atoms with E-state index in [-0.39, 0.29) is 0 Å². The summed E-state index contributed by atoms with van der Waals surface area (Å²) < 4.78 is 0. The summed E-state index contributed by atoms with van der Waals surface area (Å²) in [5.41, 5.74) is 0. The molecule has 2 atom stereocenters. The molecule has 76 valence electrons. The molecule has 0 saturated heterocycles. The molecule has 1 saturated carbocycles. The first-order valence-electron chi connectivity index (χ1n) is 5.13. The van der Waals surface area contributed by atoms with Crippen LogP contribution in [0.4, 0.5) is 5.82 Å². The van der Waals surface area contributed by atoms with Crippen molar-refractivity contribution in [3.8, 4) is 0 Å². The molecular weight excluding hydrogens is 196 g/mol. The molecule has 0 spiro atoms. The van der Waals surface area contributed by atoms with Gasteiger partial charge in [0.1, 0.15) is 5.82 Å². The predicted octanol–water partition coefficient (Wildman–Crippen LogP) is 3.34. The van der Waals surface area contributed by atoms with Crippen molar-refractivity contribution >= 4 is 17.4 Å². The van der Waals surface area contributed by atoms with Crippen LogP contribution in [0.15, 0.2) is 18.3 Å². The summed E-state index contributed by atoms with van der Waals surface area (Å²) in [5, 5.41) is 4.11. The number of nitrogens with one attached hydrogen (secondary N) is 1. The van der Waals surface area contributed by atoms with Crippen molar-refractivity contribution in [1.82, 2.24) is 4.98 Å². The van der Waals surface area contributed by atoms with Gasteiger partial charge in [-0.25, -0.2) is 4.98 Å². The molecule has 1 aromatic heterocycles. The molecule has 0 aliphatic heterocycles. The summed E-state index contributed by atoms with van der Waals surface area (Å²) in [5.74, 6) is 1.66. The minimum Gasteiger partial charge on any atom is -0.366 e. The second-order valence-corrected chi connectivity index (χ2v) is 4.50. The van der Waals surface area contributed by atoms with Crippen molar-refractivity contribution in [1.29, 1.82) is 0 Å². The first kappa shape index (κ1) is 9.78. The van der Waals surface area contributed by atoms with Gasteiger partial charge in [0.2, 0.25) is 0 Å². The second-order valence-electron chi connectivity index (χ2n) is 4.09. The fraction of sp³-hybridized carbons (Fsp3) is 0.545. The number of pyridine rings is 1. The average Bonchev–Trinajstić information content (AvgIpc) is 2.56. The number of hydrogen-bond acceptors (Lipinski definition) is 2. The summed E-state index contributed by atoms with van der Waals surface area (Å²) in [6, 6.07) is 4.28. The predicted molar refractivity (Wildman–Crippen MR) is 59.7 cm³/mol. The number of anilines is 1. The molecule has 2 nitrogen and oxygen atoms in total. The lowest BCUT2D eigenvalue weighted by Crippen LogP contribution is -2.16. The summed E-state index contributed by atoms with van der Waals surface area (Å²) in [7, 11) is 0. The van der Waals surface area contributed by atoms with E-state index in [0.717, 1.165) is 11.7 Å². The summed E-state index contributed by atoms with van der Waals surface area (Å²) >= 11 is 6.01. The highest BCUT2D eigenvalue weighted by atomic mass is 35.5. The van der Waals surface area contributed by atoms with Crippen LogP contribution in [-0.2, 0) is 0 Å². The SMILES string of the molecule is CC1CCC(Nc2ncccc2Cl)C1. The van der Waals surface area contributed by atoms with Gasteiger partial charge in [-0.3, -0.25) is 0 Å². The molecule has 1 heterocycles. The molecular formula is C11H15ClN2. The third kappa shape index (κ3) is 2.18. The molecule has 2 rings (SSSR count). The van der Waals surface area contributed by atoms with Gasteiger partial charge in [0, 0.05) is 12.2 Å². The van der Waals surface area contributed by atoms with E-state index < -0.39 is 0 Å². The number of nitrogens with zero attached hydrogens (tertiary/aromatic N) is 1. The zero-order chi connectivity index (χ0) is 9.97. The fourth-order valence-electron chi connectivity index (χ4n) is 2.02. The molecule has 1 aromatic rings. The molecule has 14 heavy (non-hydrogen) atoms. The second kappa shape index (κ2) is 4.18. The third-order valence-corrected chi connectivity index (χ3v) is 3.10. The van der Waals surface area contributed by atoms with Crippen molar-refractivity contribution in [3.05, 3.63) is 23.4 Å². The van der Waals surface area contributed by atoms with Crippen molar-refractivity contribution in [2.45, 2.75) is 32.2 Å². The lowest BCUT2D eigenvalue weighted by atomic mass is 10.1. The maximum absolute atomic E-state index is 6.01. The van der Waals surface area contributed by atoms with E-state index in [2.05, 4.69) is 17.2 Å². The fourth-order valence-corrected chi connectivity index (χ4v) is 2.20. The Labute approximate surface area is 89.7 Å². The quantitative estimate of drug-likeness (QED) is 0.810. The highest BCUT2D eigenvalue weighted by molar-refractivity contribution is 6.32. The standard InChI is InChI=1S/C11H15ClN2/c1-8-4-5-9(7-8)14-11-10(12)3-2-6-13-11/h2-3,6,8-9H,4-5,7H2,1H3,(H,13,14). The molecule has 0 amide bonds. The van der Waals surface area contributed by atoms with E-state index in [9.17, 15) is 0 Å². The number of rotatable bonds is 2. The van der Waals surface area contributed by atoms with Crippen LogP contribution in [0.3, 0.4) is 0 Å². The maximum Gasteiger partial charge on any atom is 0.144 e. The van der Waals surface area contributed by atoms with Crippen molar-refractivity contribution in [3.63, 3.8) is 0 Å². The Morgan fingerprint density at radius 2 is 2.36 bits per heavy atom. The monoisotopic (exact) mass is 210 g/mol. The van der Waals surface area contributed by atoms with Gasteiger partial charge < -0.3 is 5.32 Å². The van der Waals surface area contributed by atoms with E-state index in [1.165, 1.54) is 19.3 Å². The molecule has 0 aromatic carbocycles. The zero-order valence-electron chi connectivity index (χ0n) is 8.33. The van der Waals surface area contributed by atoms with E-state index in [0.29, 0.717) is 11.1 Å². The van der Waals surface area contributed by atoms with E-state index in [1.807, 2.05) is 12.1 Å². The molecule has 2 unspecified atom stereocenters. The van der Waals surface area contributed by atoms with Crippen LogP contribution in [0.25, 0.3) is 0 Å². The average molecular weight is 211 g/mol. The van der Waals surface area contributed by atoms with Crippen molar-refractivity contribution in [2.75, 3.05) is 5.32 Å². The number of halogens is 1. The lowest BCUT2D eigenvalue weighted by molar-refractivity contribution is 0.602. The summed E-state index contributed by atoms with van der Waals surface area (Å²) in [6.45, 7) is 2.29. The minimum absolute atomic E-state index is 0.553. The van der Waals surface area contributed by atoms with Gasteiger partial charge >= 0.3 is 0 Å². The number of aromatic nitrogens is 1. The van der Waals surface area contributed by atoms with Crippen LogP contribution in [0.5, 0.6) is 0 Å². The molecule has 0 bridgehead atoms. The number of hydrogen-bond donors (Lipinski definition) is 1. The highest BCUT2D eigenvalue weighted by Crippen LogP contribution is 2.28. The van der Waals surface area contributed by atoms with Crippen molar-refractivity contribution in [2.24, 2.45) is 5.92 Å². The highest BCUT2D eigenvalue weighted by Gasteiger charge is 2.21. The van der Waals surface area contributed by atoms with E-state index in [1.54, 1.807) is 6.20 Å². The van der Waals surface area contributed by atoms with Gasteiger partial charge in [-0.05, 0) is 37.3 Å². The Hall–Kier alpha value is -0.760. The Kier molecular flexibility index (Phi) is 2.92. The van der Waals surface area contributed by atoms with Gasteiger partial charge in [0.15, 0.2) is 0 Å². The Morgan fingerprint density at radius 1 is 1.50 bits per heavy atom. The lowest BCUT2D eigenvalue weighted by Gasteiger charge is -2.13. The van der Waals surface area contributed by atoms with Gasteiger partial charge in [-0.15, -0.1) is 0 Å². The smallest absolute Gasteiger partial charge is 0.144 e. The van der Waals surface area contributed by atoms with Crippen molar-refractivity contribution < 1.29 is 0 Å². The molecule has 1 fully saturated rings. The van der Waals surface area contributed by atoms with Gasteiger partial charge in [-0.2, -0.15) is 0 Å². The largest absolute Gasteiger partial charge is 0.366 e. The van der Waals surface area contributed by atoms with Gasteiger partial charge in [0.05, 0.1) is 5.02 Å². The minimum atomic E-state index is 0.553. The first-order chi connectivity index (χ1) is 6.75. The molecule has 0 radical (unpaired) electrons. The van der Waals surface area contributed by atoms with Gasteiger partial charge in [-0.1, -0.05) is 18.5 Å². The maximum atomic E-state index is 6.01. The Morgan fingerprint density at radius 3 is 3.00 bits per heavy atom. The van der Waals surface area contributed by atoms with E-state index >= 15 is 0 Å². The van der Waals surface area contributed by atoms with Crippen LogP contribution < -0.4 is 5.32 Å². The van der Waals surface area contributed by atoms with Crippen LogP contribution in [0.2, 0.25) is 5.02 Å². The normalized spacial score (nSPS) is 26.4. The van der Waals surface area contributed by atoms with Crippen LogP contribution in [0.1, 0.15) is 26.2 Å². The molecule has 3 heteroatoms. The summed E-state index contributed by atoms with van der Waals surface area (Å²) in [6.07, 6.45) is 5.54. The van der Waals surface area contributed by atoms with E-state index in [4.69, 9.17) is 11.6 Å². The van der Waals surface area contributed by atoms with Crippen LogP contribution >= 0.6 is 11.6 Å². The molecule has 1 aliphatic rings. The van der Waals surface area contributed by atoms with Crippen LogP contribution in [-0.4, -0.2) is 11.0 Å². The first-order valence-corrected chi connectivity index (χ1v) is 5.50. The topological polar surface area (TPSA) is 24.9 Å². The molecule has 1 N–H and O–H groups in total. The third-order valence-electron chi connectivity index (χ3n) is 2.79. The van der Waals surface area contributed by atoms with Crippen LogP contribution in [0, 0.1) is 5.92 Å².